The van der Waals surface area contributed by atoms with E-state index < -0.39 is 0 Å². The molecule has 2 atom stereocenters. The zero-order valence-electron chi connectivity index (χ0n) is 10.6. The molecule has 0 aromatic carbocycles. The number of aromatic nitrogens is 2. The fourth-order valence-electron chi connectivity index (χ4n) is 2.58. The summed E-state index contributed by atoms with van der Waals surface area (Å²) in [5.41, 5.74) is 4.02. The molecule has 1 aliphatic heterocycles. The minimum absolute atomic E-state index is 0.118. The average Bonchev–Trinajstić information content (AvgIpc) is 2.90. The fraction of sp³-hybridized carbons (Fsp3) is 0.750. The van der Waals surface area contributed by atoms with Gasteiger partial charge in [-0.25, -0.2) is 0 Å². The largest absolute Gasteiger partial charge is 0.374 e. The maximum atomic E-state index is 5.83. The summed E-state index contributed by atoms with van der Waals surface area (Å²) in [4.78, 5) is 0. The van der Waals surface area contributed by atoms with Gasteiger partial charge < -0.3 is 4.74 Å². The lowest BCUT2D eigenvalue weighted by atomic mass is 9.90. The van der Waals surface area contributed by atoms with Crippen molar-refractivity contribution in [3.8, 4) is 0 Å². The number of nitrogens with two attached hydrogens (primary N) is 1. The van der Waals surface area contributed by atoms with Crippen molar-refractivity contribution in [2.75, 3.05) is 6.61 Å². The first kappa shape index (κ1) is 12.5. The first-order chi connectivity index (χ1) is 8.15. The smallest absolute Gasteiger partial charge is 0.0821 e. The van der Waals surface area contributed by atoms with Crippen molar-refractivity contribution in [1.29, 1.82) is 0 Å². The molecule has 5 heteroatoms. The van der Waals surface area contributed by atoms with Crippen molar-refractivity contribution in [3.63, 3.8) is 0 Å². The molecular weight excluding hydrogens is 216 g/mol. The first-order valence-corrected chi connectivity index (χ1v) is 6.23. The Kier molecular flexibility index (Phi) is 3.81. The third-order valence-electron chi connectivity index (χ3n) is 3.80. The second kappa shape index (κ2) is 5.16. The summed E-state index contributed by atoms with van der Waals surface area (Å²) in [6, 6.07) is 2.24. The van der Waals surface area contributed by atoms with Crippen molar-refractivity contribution >= 4 is 0 Å². The maximum Gasteiger partial charge on any atom is 0.0821 e. The van der Waals surface area contributed by atoms with Crippen LogP contribution in [0.15, 0.2) is 12.3 Å². The summed E-state index contributed by atoms with van der Waals surface area (Å²) >= 11 is 0. The van der Waals surface area contributed by atoms with Gasteiger partial charge in [0.15, 0.2) is 0 Å². The quantitative estimate of drug-likeness (QED) is 0.587. The molecule has 17 heavy (non-hydrogen) atoms. The molecule has 1 aromatic rings. The molecular formula is C12H22N4O. The molecule has 2 heterocycles. The SMILES string of the molecule is Cn1nccc1CCC(NN)C1(C)CCCO1. The van der Waals surface area contributed by atoms with Gasteiger partial charge in [-0.1, -0.05) is 0 Å². The summed E-state index contributed by atoms with van der Waals surface area (Å²) < 4.78 is 7.74. The highest BCUT2D eigenvalue weighted by Crippen LogP contribution is 2.30. The Morgan fingerprint density at radius 3 is 3.06 bits per heavy atom. The molecule has 0 saturated carbocycles. The van der Waals surface area contributed by atoms with Gasteiger partial charge >= 0.3 is 0 Å². The Morgan fingerprint density at radius 1 is 1.71 bits per heavy atom. The van der Waals surface area contributed by atoms with Crippen LogP contribution in [0.1, 0.15) is 31.9 Å². The van der Waals surface area contributed by atoms with Crippen LogP contribution in [0, 0.1) is 0 Å². The molecule has 0 bridgehead atoms. The van der Waals surface area contributed by atoms with Gasteiger partial charge in [0, 0.05) is 25.5 Å². The standard InChI is InChI=1S/C12H22N4O/c1-12(7-3-9-17-12)11(15-13)5-4-10-6-8-14-16(10)2/h6,8,11,15H,3-5,7,9,13H2,1-2H3. The lowest BCUT2D eigenvalue weighted by molar-refractivity contribution is -0.0138. The van der Waals surface area contributed by atoms with E-state index >= 15 is 0 Å². The molecule has 0 radical (unpaired) electrons. The zero-order chi connectivity index (χ0) is 12.3. The number of ether oxygens (including phenoxy) is 1. The van der Waals surface area contributed by atoms with E-state index in [4.69, 9.17) is 10.6 Å². The van der Waals surface area contributed by atoms with Crippen LogP contribution in [0.5, 0.6) is 0 Å². The zero-order valence-corrected chi connectivity index (χ0v) is 10.6. The molecule has 1 saturated heterocycles. The molecule has 0 spiro atoms. The van der Waals surface area contributed by atoms with Gasteiger partial charge in [-0.15, -0.1) is 0 Å². The highest BCUT2D eigenvalue weighted by molar-refractivity contribution is 5.02. The van der Waals surface area contributed by atoms with Crippen molar-refractivity contribution < 1.29 is 4.74 Å². The Balaban J connectivity index is 1.94. The average molecular weight is 238 g/mol. The molecule has 0 amide bonds. The number of hydrazine groups is 1. The van der Waals surface area contributed by atoms with Crippen molar-refractivity contribution in [3.05, 3.63) is 18.0 Å². The Hall–Kier alpha value is -0.910. The van der Waals surface area contributed by atoms with Gasteiger partial charge in [0.1, 0.15) is 0 Å². The lowest BCUT2D eigenvalue weighted by Crippen LogP contribution is -2.51. The van der Waals surface area contributed by atoms with E-state index in [1.165, 1.54) is 5.69 Å². The number of hydrogen-bond acceptors (Lipinski definition) is 4. The van der Waals surface area contributed by atoms with Crippen LogP contribution in [-0.2, 0) is 18.2 Å². The fourth-order valence-corrected chi connectivity index (χ4v) is 2.58. The Labute approximate surface area is 102 Å². The highest BCUT2D eigenvalue weighted by Gasteiger charge is 2.37. The normalized spacial score (nSPS) is 26.3. The van der Waals surface area contributed by atoms with E-state index in [1.807, 2.05) is 24.0 Å². The number of nitrogens with one attached hydrogen (secondary N) is 1. The van der Waals surface area contributed by atoms with Gasteiger partial charge in [0.05, 0.1) is 11.6 Å². The van der Waals surface area contributed by atoms with Gasteiger partial charge in [-0.2, -0.15) is 5.10 Å². The van der Waals surface area contributed by atoms with Crippen LogP contribution < -0.4 is 11.3 Å². The maximum absolute atomic E-state index is 5.83. The van der Waals surface area contributed by atoms with E-state index in [9.17, 15) is 0 Å². The summed E-state index contributed by atoms with van der Waals surface area (Å²) in [6.07, 6.45) is 5.96. The van der Waals surface area contributed by atoms with Crippen LogP contribution in [0.25, 0.3) is 0 Å². The highest BCUT2D eigenvalue weighted by atomic mass is 16.5. The van der Waals surface area contributed by atoms with Gasteiger partial charge in [-0.05, 0) is 38.7 Å². The predicted octanol–water partition coefficient (Wildman–Crippen LogP) is 0.754. The first-order valence-electron chi connectivity index (χ1n) is 6.23. The summed E-state index contributed by atoms with van der Waals surface area (Å²) in [6.45, 7) is 2.99. The summed E-state index contributed by atoms with van der Waals surface area (Å²) in [5, 5.41) is 4.17. The third kappa shape index (κ3) is 2.68. The minimum atomic E-state index is -0.118. The molecule has 0 aliphatic carbocycles. The summed E-state index contributed by atoms with van der Waals surface area (Å²) in [5.74, 6) is 5.66. The minimum Gasteiger partial charge on any atom is -0.374 e. The predicted molar refractivity (Wildman–Crippen MR) is 66.2 cm³/mol. The summed E-state index contributed by atoms with van der Waals surface area (Å²) in [7, 11) is 1.97. The van der Waals surface area contributed by atoms with Crippen LogP contribution in [0.4, 0.5) is 0 Å². The van der Waals surface area contributed by atoms with E-state index in [0.717, 1.165) is 32.3 Å². The van der Waals surface area contributed by atoms with Gasteiger partial charge in [0.25, 0.3) is 0 Å². The number of nitrogens with zero attached hydrogens (tertiary/aromatic N) is 2. The van der Waals surface area contributed by atoms with E-state index in [-0.39, 0.29) is 11.6 Å². The monoisotopic (exact) mass is 238 g/mol. The van der Waals surface area contributed by atoms with E-state index in [2.05, 4.69) is 17.4 Å². The third-order valence-corrected chi connectivity index (χ3v) is 3.80. The molecule has 3 N–H and O–H groups in total. The van der Waals surface area contributed by atoms with Crippen molar-refractivity contribution in [1.82, 2.24) is 15.2 Å². The van der Waals surface area contributed by atoms with Crippen LogP contribution in [-0.4, -0.2) is 28.0 Å². The van der Waals surface area contributed by atoms with Gasteiger partial charge in [-0.3, -0.25) is 16.0 Å². The van der Waals surface area contributed by atoms with Crippen LogP contribution in [0.3, 0.4) is 0 Å². The molecule has 2 rings (SSSR count). The molecule has 1 aromatic heterocycles. The lowest BCUT2D eigenvalue weighted by Gasteiger charge is -2.32. The number of rotatable bonds is 5. The second-order valence-corrected chi connectivity index (χ2v) is 4.97. The van der Waals surface area contributed by atoms with Crippen molar-refractivity contribution in [2.24, 2.45) is 12.9 Å². The van der Waals surface area contributed by atoms with Crippen LogP contribution in [0.2, 0.25) is 0 Å². The molecule has 1 aliphatic rings. The topological polar surface area (TPSA) is 65.1 Å². The molecule has 1 fully saturated rings. The van der Waals surface area contributed by atoms with Crippen LogP contribution >= 0.6 is 0 Å². The number of aryl methyl sites for hydroxylation is 2. The van der Waals surface area contributed by atoms with Gasteiger partial charge in [0.2, 0.25) is 0 Å². The Bertz CT molecular complexity index is 357. The van der Waals surface area contributed by atoms with Crippen molar-refractivity contribution in [2.45, 2.75) is 44.2 Å². The molecule has 2 unspecified atom stereocenters. The Morgan fingerprint density at radius 2 is 2.53 bits per heavy atom. The van der Waals surface area contributed by atoms with E-state index in [1.54, 1.807) is 0 Å². The molecule has 96 valence electrons. The second-order valence-electron chi connectivity index (χ2n) is 4.97. The molecule has 5 nitrogen and oxygen atoms in total. The number of hydrogen-bond donors (Lipinski definition) is 2. The van der Waals surface area contributed by atoms with E-state index in [0.29, 0.717) is 0 Å².